The van der Waals surface area contributed by atoms with E-state index >= 15 is 0 Å². The summed E-state index contributed by atoms with van der Waals surface area (Å²) in [4.78, 5) is 12.1. The summed E-state index contributed by atoms with van der Waals surface area (Å²) in [6.45, 7) is -0.722. The maximum absolute atomic E-state index is 13.9. The molecule has 27 heavy (non-hydrogen) atoms. The number of amides is 1. The van der Waals surface area contributed by atoms with Gasteiger partial charge in [-0.15, -0.1) is 13.2 Å². The summed E-state index contributed by atoms with van der Waals surface area (Å²) in [6.07, 6.45) is -4.03. The number of ether oxygens (including phenoxy) is 1. The first-order valence-electron chi connectivity index (χ1n) is 7.33. The molecule has 0 aliphatic heterocycles. The summed E-state index contributed by atoms with van der Waals surface area (Å²) in [5.74, 6) is -2.12. The second-order valence-corrected chi connectivity index (χ2v) is 7.25. The number of nitrogens with zero attached hydrogens (tertiary/aromatic N) is 1. The van der Waals surface area contributed by atoms with Crippen LogP contribution in [0.5, 0.6) is 5.75 Å². The highest BCUT2D eigenvalue weighted by Gasteiger charge is 2.31. The first-order chi connectivity index (χ1) is 12.5. The Balaban J connectivity index is 2.12. The van der Waals surface area contributed by atoms with Gasteiger partial charge in [0.25, 0.3) is 0 Å². The Morgan fingerprint density at radius 2 is 1.70 bits per heavy atom. The summed E-state index contributed by atoms with van der Waals surface area (Å²) in [5, 5.41) is 2.32. The van der Waals surface area contributed by atoms with Gasteiger partial charge >= 0.3 is 6.36 Å². The van der Waals surface area contributed by atoms with Crippen LogP contribution < -0.4 is 14.4 Å². The van der Waals surface area contributed by atoms with Gasteiger partial charge in [-0.3, -0.25) is 9.10 Å². The molecule has 0 spiro atoms. The zero-order valence-corrected chi connectivity index (χ0v) is 14.6. The molecule has 0 atom stereocenters. The Morgan fingerprint density at radius 1 is 1.11 bits per heavy atom. The van der Waals surface area contributed by atoms with Gasteiger partial charge in [-0.1, -0.05) is 12.1 Å². The summed E-state index contributed by atoms with van der Waals surface area (Å²) < 4.78 is 78.3. The van der Waals surface area contributed by atoms with Crippen LogP contribution in [0.1, 0.15) is 0 Å². The van der Waals surface area contributed by atoms with E-state index in [4.69, 9.17) is 0 Å². The van der Waals surface area contributed by atoms with Gasteiger partial charge in [-0.05, 0) is 36.4 Å². The number of para-hydroxylation sites is 1. The van der Waals surface area contributed by atoms with Crippen LogP contribution in [0, 0.1) is 5.82 Å². The zero-order valence-electron chi connectivity index (χ0n) is 13.8. The Morgan fingerprint density at radius 3 is 2.22 bits per heavy atom. The first kappa shape index (κ1) is 20.5. The van der Waals surface area contributed by atoms with Gasteiger partial charge in [-0.25, -0.2) is 12.8 Å². The van der Waals surface area contributed by atoms with Crippen LogP contribution in [0.25, 0.3) is 0 Å². The number of alkyl halides is 3. The highest BCUT2D eigenvalue weighted by molar-refractivity contribution is 7.92. The second kappa shape index (κ2) is 7.82. The predicted molar refractivity (Wildman–Crippen MR) is 90.3 cm³/mol. The molecule has 2 aromatic rings. The van der Waals surface area contributed by atoms with Gasteiger partial charge in [0.2, 0.25) is 15.9 Å². The summed E-state index contributed by atoms with van der Waals surface area (Å²) in [5.41, 5.74) is -0.194. The third kappa shape index (κ3) is 6.13. The normalized spacial score (nSPS) is 11.7. The van der Waals surface area contributed by atoms with Crippen molar-refractivity contribution in [2.24, 2.45) is 0 Å². The SMILES string of the molecule is CS(=O)(=O)N(CC(=O)Nc1ccc(OC(F)(F)F)cc1)c1ccccc1F. The summed E-state index contributed by atoms with van der Waals surface area (Å²) in [6, 6.07) is 9.28. The molecule has 0 fully saturated rings. The number of benzene rings is 2. The topological polar surface area (TPSA) is 75.7 Å². The molecular formula is C16H14F4N2O4S. The van der Waals surface area contributed by atoms with Crippen molar-refractivity contribution in [3.8, 4) is 5.75 Å². The maximum Gasteiger partial charge on any atom is 0.573 e. The van der Waals surface area contributed by atoms with Crippen LogP contribution >= 0.6 is 0 Å². The van der Waals surface area contributed by atoms with Crippen LogP contribution in [-0.4, -0.2) is 33.5 Å². The number of sulfonamides is 1. The average molecular weight is 406 g/mol. The van der Waals surface area contributed by atoms with E-state index in [1.54, 1.807) is 0 Å². The Labute approximate surface area is 152 Å². The van der Waals surface area contributed by atoms with Gasteiger partial charge in [0, 0.05) is 5.69 Å². The van der Waals surface area contributed by atoms with Gasteiger partial charge in [-0.2, -0.15) is 0 Å². The van der Waals surface area contributed by atoms with Gasteiger partial charge in [0.05, 0.1) is 11.9 Å². The van der Waals surface area contributed by atoms with Crippen LogP contribution in [0.15, 0.2) is 48.5 Å². The van der Waals surface area contributed by atoms with Gasteiger partial charge in [0.15, 0.2) is 0 Å². The quantitative estimate of drug-likeness (QED) is 0.748. The third-order valence-corrected chi connectivity index (χ3v) is 4.31. The minimum absolute atomic E-state index is 0.108. The standard InChI is InChI=1S/C16H14F4N2O4S/c1-27(24,25)22(14-5-3-2-4-13(14)17)10-15(23)21-11-6-8-12(9-7-11)26-16(18,19)20/h2-9H,10H2,1H3,(H,21,23). The molecule has 2 aromatic carbocycles. The lowest BCUT2D eigenvalue weighted by Crippen LogP contribution is -2.38. The molecule has 146 valence electrons. The molecule has 0 saturated carbocycles. The van der Waals surface area contributed by atoms with Crippen molar-refractivity contribution in [2.45, 2.75) is 6.36 Å². The maximum atomic E-state index is 13.9. The fourth-order valence-corrected chi connectivity index (χ4v) is 2.96. The fourth-order valence-electron chi connectivity index (χ4n) is 2.11. The van der Waals surface area contributed by atoms with E-state index in [9.17, 15) is 30.8 Å². The largest absolute Gasteiger partial charge is 0.573 e. The van der Waals surface area contributed by atoms with Crippen molar-refractivity contribution in [1.29, 1.82) is 0 Å². The number of carbonyl (C=O) groups excluding carboxylic acids is 1. The lowest BCUT2D eigenvalue weighted by molar-refractivity contribution is -0.274. The third-order valence-electron chi connectivity index (χ3n) is 3.18. The number of hydrogen-bond acceptors (Lipinski definition) is 4. The van der Waals surface area contributed by atoms with Crippen molar-refractivity contribution < 1.29 is 35.5 Å². The minimum atomic E-state index is -4.85. The van der Waals surface area contributed by atoms with Crippen molar-refractivity contribution in [3.63, 3.8) is 0 Å². The molecule has 0 radical (unpaired) electrons. The second-order valence-electron chi connectivity index (χ2n) is 5.34. The number of nitrogens with one attached hydrogen (secondary N) is 1. The van der Waals surface area contributed by atoms with E-state index in [-0.39, 0.29) is 11.4 Å². The molecule has 11 heteroatoms. The van der Waals surface area contributed by atoms with Crippen molar-refractivity contribution >= 4 is 27.3 Å². The zero-order chi connectivity index (χ0) is 20.2. The summed E-state index contributed by atoms with van der Waals surface area (Å²) in [7, 11) is -3.97. The molecule has 2 rings (SSSR count). The molecule has 0 unspecified atom stereocenters. The van der Waals surface area contributed by atoms with Crippen molar-refractivity contribution in [2.75, 3.05) is 22.4 Å². The van der Waals surface area contributed by atoms with Crippen LogP contribution in [0.4, 0.5) is 28.9 Å². The average Bonchev–Trinajstić information content (AvgIpc) is 2.53. The van der Waals surface area contributed by atoms with E-state index < -0.39 is 40.4 Å². The van der Waals surface area contributed by atoms with E-state index in [2.05, 4.69) is 10.1 Å². The lowest BCUT2D eigenvalue weighted by atomic mass is 10.3. The van der Waals surface area contributed by atoms with E-state index in [0.717, 1.165) is 36.6 Å². The van der Waals surface area contributed by atoms with E-state index in [1.165, 1.54) is 18.2 Å². The van der Waals surface area contributed by atoms with Crippen LogP contribution in [0.3, 0.4) is 0 Å². The lowest BCUT2D eigenvalue weighted by Gasteiger charge is -2.22. The van der Waals surface area contributed by atoms with E-state index in [1.807, 2.05) is 0 Å². The number of hydrogen-bond donors (Lipinski definition) is 1. The predicted octanol–water partition coefficient (Wildman–Crippen LogP) is 3.13. The smallest absolute Gasteiger partial charge is 0.406 e. The molecule has 1 amide bonds. The van der Waals surface area contributed by atoms with Gasteiger partial charge in [0.1, 0.15) is 18.1 Å². The van der Waals surface area contributed by atoms with Crippen LogP contribution in [0.2, 0.25) is 0 Å². The highest BCUT2D eigenvalue weighted by atomic mass is 32.2. The molecular weight excluding hydrogens is 392 g/mol. The molecule has 0 heterocycles. The molecule has 0 aliphatic carbocycles. The molecule has 0 aliphatic rings. The Bertz CT molecular complexity index is 915. The van der Waals surface area contributed by atoms with Crippen molar-refractivity contribution in [1.82, 2.24) is 0 Å². The molecule has 6 nitrogen and oxygen atoms in total. The minimum Gasteiger partial charge on any atom is -0.406 e. The number of anilines is 2. The molecule has 0 bridgehead atoms. The molecule has 0 saturated heterocycles. The molecule has 0 aromatic heterocycles. The number of carbonyl (C=O) groups is 1. The van der Waals surface area contributed by atoms with Crippen molar-refractivity contribution in [3.05, 3.63) is 54.3 Å². The highest BCUT2D eigenvalue weighted by Crippen LogP contribution is 2.24. The monoisotopic (exact) mass is 406 g/mol. The first-order valence-corrected chi connectivity index (χ1v) is 9.18. The van der Waals surface area contributed by atoms with Gasteiger partial charge < -0.3 is 10.1 Å². The Kier molecular flexibility index (Phi) is 5.94. The Hall–Kier alpha value is -2.82. The summed E-state index contributed by atoms with van der Waals surface area (Å²) >= 11 is 0. The van der Waals surface area contributed by atoms with Crippen LogP contribution in [-0.2, 0) is 14.8 Å². The fraction of sp³-hybridized carbons (Fsp3) is 0.188. The number of rotatable bonds is 6. The number of halogens is 4. The molecule has 1 N–H and O–H groups in total. The van der Waals surface area contributed by atoms with E-state index in [0.29, 0.717) is 4.31 Å².